The standard InChI is InChI=1S/C6H11NOS/c1-2-3-5-4-7-6(8)9-5/h5H,2-4H2,1H3,(H,7,8). The fraction of sp³-hybridized carbons (Fsp3) is 0.833. The molecule has 0 aliphatic carbocycles. The van der Waals surface area contributed by atoms with E-state index in [4.69, 9.17) is 0 Å². The van der Waals surface area contributed by atoms with Gasteiger partial charge in [0.25, 0.3) is 5.24 Å². The molecule has 0 aromatic carbocycles. The summed E-state index contributed by atoms with van der Waals surface area (Å²) in [7, 11) is 0. The van der Waals surface area contributed by atoms with Gasteiger partial charge in [-0.1, -0.05) is 25.1 Å². The third-order valence-corrected chi connectivity index (χ3v) is 2.45. The van der Waals surface area contributed by atoms with Gasteiger partial charge in [0.2, 0.25) is 0 Å². The van der Waals surface area contributed by atoms with Crippen molar-refractivity contribution in [2.45, 2.75) is 25.0 Å². The van der Waals surface area contributed by atoms with Crippen molar-refractivity contribution in [2.75, 3.05) is 6.54 Å². The SMILES string of the molecule is CCCC1CNC(=O)S1. The molecule has 1 rings (SSSR count). The van der Waals surface area contributed by atoms with Crippen molar-refractivity contribution in [1.29, 1.82) is 0 Å². The van der Waals surface area contributed by atoms with E-state index in [0.29, 0.717) is 5.25 Å². The molecule has 9 heavy (non-hydrogen) atoms. The Labute approximate surface area is 59.4 Å². The lowest BCUT2D eigenvalue weighted by atomic mass is 10.2. The van der Waals surface area contributed by atoms with Crippen LogP contribution < -0.4 is 5.32 Å². The van der Waals surface area contributed by atoms with Gasteiger partial charge < -0.3 is 5.32 Å². The Morgan fingerprint density at radius 1 is 1.89 bits per heavy atom. The van der Waals surface area contributed by atoms with Gasteiger partial charge in [0.05, 0.1) is 0 Å². The average molecular weight is 145 g/mol. The molecule has 2 nitrogen and oxygen atoms in total. The van der Waals surface area contributed by atoms with Gasteiger partial charge in [-0.2, -0.15) is 0 Å². The molecule has 1 aliphatic rings. The Hall–Kier alpha value is -0.180. The van der Waals surface area contributed by atoms with Crippen LogP contribution in [0.4, 0.5) is 4.79 Å². The molecule has 1 unspecified atom stereocenters. The van der Waals surface area contributed by atoms with E-state index in [0.717, 1.165) is 13.0 Å². The van der Waals surface area contributed by atoms with Crippen molar-refractivity contribution in [2.24, 2.45) is 0 Å². The first-order chi connectivity index (χ1) is 4.33. The fourth-order valence-corrected chi connectivity index (χ4v) is 1.90. The van der Waals surface area contributed by atoms with E-state index in [1.807, 2.05) is 0 Å². The van der Waals surface area contributed by atoms with E-state index in [1.165, 1.54) is 18.2 Å². The zero-order valence-corrected chi connectivity index (χ0v) is 6.33. The Morgan fingerprint density at radius 3 is 3.11 bits per heavy atom. The maximum atomic E-state index is 10.6. The van der Waals surface area contributed by atoms with Crippen molar-refractivity contribution in [3.8, 4) is 0 Å². The quantitative estimate of drug-likeness (QED) is 0.639. The highest BCUT2D eigenvalue weighted by Crippen LogP contribution is 2.21. The summed E-state index contributed by atoms with van der Waals surface area (Å²) in [5.74, 6) is 0. The fourth-order valence-electron chi connectivity index (χ4n) is 0.915. The smallest absolute Gasteiger partial charge is 0.279 e. The number of rotatable bonds is 2. The minimum absolute atomic E-state index is 0.147. The number of carbonyl (C=O) groups excluding carboxylic acids is 1. The first kappa shape index (κ1) is 6.93. The summed E-state index contributed by atoms with van der Waals surface area (Å²) in [6.07, 6.45) is 2.33. The monoisotopic (exact) mass is 145 g/mol. The van der Waals surface area contributed by atoms with Crippen molar-refractivity contribution in [3.63, 3.8) is 0 Å². The Balaban J connectivity index is 2.22. The Kier molecular flexibility index (Phi) is 2.39. The Morgan fingerprint density at radius 2 is 2.67 bits per heavy atom. The van der Waals surface area contributed by atoms with Crippen LogP contribution in [0.3, 0.4) is 0 Å². The maximum Gasteiger partial charge on any atom is 0.279 e. The van der Waals surface area contributed by atoms with E-state index < -0.39 is 0 Å². The molecule has 0 saturated carbocycles. The number of hydrogen-bond donors (Lipinski definition) is 1. The molecular formula is C6H11NOS. The second-order valence-electron chi connectivity index (χ2n) is 2.20. The van der Waals surface area contributed by atoms with Gasteiger partial charge in [-0.15, -0.1) is 0 Å². The van der Waals surface area contributed by atoms with Gasteiger partial charge in [-0.25, -0.2) is 0 Å². The molecule has 1 fully saturated rings. The van der Waals surface area contributed by atoms with Crippen LogP contribution in [-0.2, 0) is 0 Å². The van der Waals surface area contributed by atoms with Crippen molar-refractivity contribution in [3.05, 3.63) is 0 Å². The molecule has 0 aromatic heterocycles. The summed E-state index contributed by atoms with van der Waals surface area (Å²) in [5, 5.41) is 3.47. The number of carbonyl (C=O) groups is 1. The van der Waals surface area contributed by atoms with Crippen LogP contribution in [0.15, 0.2) is 0 Å². The van der Waals surface area contributed by atoms with Crippen molar-refractivity contribution in [1.82, 2.24) is 5.32 Å². The number of amides is 1. The molecule has 1 N–H and O–H groups in total. The van der Waals surface area contributed by atoms with Crippen molar-refractivity contribution < 1.29 is 4.79 Å². The van der Waals surface area contributed by atoms with Crippen LogP contribution in [-0.4, -0.2) is 17.0 Å². The zero-order valence-electron chi connectivity index (χ0n) is 5.52. The largest absolute Gasteiger partial charge is 0.346 e. The Bertz CT molecular complexity index is 116. The van der Waals surface area contributed by atoms with Crippen LogP contribution in [0.2, 0.25) is 0 Å². The lowest BCUT2D eigenvalue weighted by Crippen LogP contribution is -2.14. The molecule has 0 aromatic rings. The molecule has 0 bridgehead atoms. The topological polar surface area (TPSA) is 29.1 Å². The van der Waals surface area contributed by atoms with Crippen LogP contribution in [0.5, 0.6) is 0 Å². The molecule has 0 spiro atoms. The molecular weight excluding hydrogens is 134 g/mol. The number of thioether (sulfide) groups is 1. The summed E-state index contributed by atoms with van der Waals surface area (Å²) in [4.78, 5) is 10.6. The van der Waals surface area contributed by atoms with E-state index in [-0.39, 0.29) is 5.24 Å². The molecule has 52 valence electrons. The van der Waals surface area contributed by atoms with Gasteiger partial charge >= 0.3 is 0 Å². The highest BCUT2D eigenvalue weighted by Gasteiger charge is 2.20. The minimum Gasteiger partial charge on any atom is -0.346 e. The van der Waals surface area contributed by atoms with Gasteiger partial charge in [0.1, 0.15) is 0 Å². The second-order valence-corrected chi connectivity index (χ2v) is 3.47. The third-order valence-electron chi connectivity index (χ3n) is 1.36. The number of hydrogen-bond acceptors (Lipinski definition) is 2. The van der Waals surface area contributed by atoms with Crippen LogP contribution in [0.1, 0.15) is 19.8 Å². The van der Waals surface area contributed by atoms with Gasteiger partial charge in [-0.05, 0) is 6.42 Å². The lowest BCUT2D eigenvalue weighted by molar-refractivity contribution is 0.262. The normalized spacial score (nSPS) is 26.3. The minimum atomic E-state index is 0.147. The van der Waals surface area contributed by atoms with Gasteiger partial charge in [0, 0.05) is 11.8 Å². The highest BCUT2D eigenvalue weighted by atomic mass is 32.2. The van der Waals surface area contributed by atoms with Crippen LogP contribution >= 0.6 is 11.8 Å². The van der Waals surface area contributed by atoms with Gasteiger partial charge in [-0.3, -0.25) is 4.79 Å². The molecule has 1 amide bonds. The predicted octanol–water partition coefficient (Wildman–Crippen LogP) is 1.61. The predicted molar refractivity (Wildman–Crippen MR) is 39.7 cm³/mol. The maximum absolute atomic E-state index is 10.6. The van der Waals surface area contributed by atoms with E-state index in [9.17, 15) is 4.79 Å². The van der Waals surface area contributed by atoms with E-state index in [2.05, 4.69) is 12.2 Å². The summed E-state index contributed by atoms with van der Waals surface area (Å²) in [6, 6.07) is 0. The first-order valence-electron chi connectivity index (χ1n) is 3.27. The third kappa shape index (κ3) is 1.90. The summed E-state index contributed by atoms with van der Waals surface area (Å²) >= 11 is 1.44. The molecule has 0 radical (unpaired) electrons. The molecule has 1 atom stereocenters. The molecule has 3 heteroatoms. The van der Waals surface area contributed by atoms with E-state index in [1.54, 1.807) is 0 Å². The number of nitrogens with one attached hydrogen (secondary N) is 1. The van der Waals surface area contributed by atoms with Crippen molar-refractivity contribution >= 4 is 17.0 Å². The lowest BCUT2D eigenvalue weighted by Gasteiger charge is -2.00. The summed E-state index contributed by atoms with van der Waals surface area (Å²) in [5.41, 5.74) is 0. The molecule has 1 aliphatic heterocycles. The second kappa shape index (κ2) is 3.11. The summed E-state index contributed by atoms with van der Waals surface area (Å²) < 4.78 is 0. The highest BCUT2D eigenvalue weighted by molar-refractivity contribution is 8.14. The van der Waals surface area contributed by atoms with Crippen LogP contribution in [0, 0.1) is 0 Å². The van der Waals surface area contributed by atoms with E-state index >= 15 is 0 Å². The first-order valence-corrected chi connectivity index (χ1v) is 4.15. The van der Waals surface area contributed by atoms with Crippen LogP contribution in [0.25, 0.3) is 0 Å². The zero-order chi connectivity index (χ0) is 6.69. The van der Waals surface area contributed by atoms with Gasteiger partial charge in [0.15, 0.2) is 0 Å². The molecule has 1 saturated heterocycles. The summed E-state index contributed by atoms with van der Waals surface area (Å²) in [6.45, 7) is 3.01. The molecule has 1 heterocycles. The average Bonchev–Trinajstić information content (AvgIpc) is 2.17.